The Morgan fingerprint density at radius 2 is 2.11 bits per heavy atom. The molecule has 7 nitrogen and oxygen atoms in total. The molecule has 0 bridgehead atoms. The number of aromatic nitrogens is 2. The Balaban J connectivity index is 1.30. The Hall–Kier alpha value is -2.25. The average molecular weight is 370 g/mol. The van der Waals surface area contributed by atoms with Crippen molar-refractivity contribution < 1.29 is 14.1 Å². The van der Waals surface area contributed by atoms with Gasteiger partial charge in [0.25, 0.3) is 0 Å². The van der Waals surface area contributed by atoms with Crippen LogP contribution in [0, 0.1) is 6.92 Å². The largest absolute Gasteiger partial charge is 0.373 e. The Kier molecular flexibility index (Phi) is 5.50. The molecule has 0 radical (unpaired) electrons. The van der Waals surface area contributed by atoms with Gasteiger partial charge in [-0.3, -0.25) is 9.69 Å². The number of fused-ring (bicyclic) bond motifs is 1. The summed E-state index contributed by atoms with van der Waals surface area (Å²) in [6.07, 6.45) is 1.98. The van der Waals surface area contributed by atoms with E-state index in [9.17, 15) is 4.79 Å². The van der Waals surface area contributed by atoms with Crippen molar-refractivity contribution in [1.29, 1.82) is 0 Å². The van der Waals surface area contributed by atoms with E-state index >= 15 is 0 Å². The van der Waals surface area contributed by atoms with Gasteiger partial charge in [-0.25, -0.2) is 0 Å². The summed E-state index contributed by atoms with van der Waals surface area (Å²) in [6, 6.07) is 10.8. The smallest absolute Gasteiger partial charge is 0.226 e. The van der Waals surface area contributed by atoms with E-state index in [2.05, 4.69) is 39.3 Å². The molecule has 2 aromatic rings. The Morgan fingerprint density at radius 3 is 2.89 bits per heavy atom. The van der Waals surface area contributed by atoms with Crippen LogP contribution in [-0.2, 0) is 22.5 Å². The van der Waals surface area contributed by atoms with Gasteiger partial charge in [0.15, 0.2) is 5.82 Å². The number of morpholine rings is 1. The molecule has 0 N–H and O–H groups in total. The van der Waals surface area contributed by atoms with E-state index < -0.39 is 0 Å². The van der Waals surface area contributed by atoms with Crippen LogP contribution in [0.5, 0.6) is 0 Å². The predicted molar refractivity (Wildman–Crippen MR) is 98.9 cm³/mol. The lowest BCUT2D eigenvalue weighted by atomic mass is 10.1. The topological polar surface area (TPSA) is 71.7 Å². The quantitative estimate of drug-likeness (QED) is 0.772. The number of ether oxygens (including phenoxy) is 1. The highest BCUT2D eigenvalue weighted by Crippen LogP contribution is 2.25. The maximum atomic E-state index is 12.6. The molecular formula is C20H26N4O3. The van der Waals surface area contributed by atoms with Crippen LogP contribution in [0.4, 0.5) is 0 Å². The van der Waals surface area contributed by atoms with E-state index in [1.165, 1.54) is 5.56 Å². The van der Waals surface area contributed by atoms with Crippen molar-refractivity contribution in [2.75, 3.05) is 26.2 Å². The summed E-state index contributed by atoms with van der Waals surface area (Å²) in [5.74, 6) is 1.42. The molecule has 144 valence electrons. The fraction of sp³-hybridized carbons (Fsp3) is 0.550. The summed E-state index contributed by atoms with van der Waals surface area (Å²) >= 11 is 0. The number of amides is 1. The summed E-state index contributed by atoms with van der Waals surface area (Å²) in [6.45, 7) is 5.78. The number of carbonyl (C=O) groups excluding carboxylic acids is 1. The number of hydrogen-bond acceptors (Lipinski definition) is 6. The van der Waals surface area contributed by atoms with Crippen LogP contribution < -0.4 is 0 Å². The van der Waals surface area contributed by atoms with Gasteiger partial charge in [-0.15, -0.1) is 0 Å². The van der Waals surface area contributed by atoms with Gasteiger partial charge in [-0.05, 0) is 18.9 Å². The molecule has 4 rings (SSSR count). The molecule has 2 fully saturated rings. The number of benzene rings is 1. The molecule has 1 aromatic heterocycles. The molecular weight excluding hydrogens is 344 g/mol. The van der Waals surface area contributed by atoms with Gasteiger partial charge < -0.3 is 14.2 Å². The second-order valence-electron chi connectivity index (χ2n) is 7.32. The molecule has 0 aliphatic carbocycles. The first-order valence-corrected chi connectivity index (χ1v) is 9.65. The molecule has 2 aliphatic rings. The van der Waals surface area contributed by atoms with Gasteiger partial charge in [0.1, 0.15) is 0 Å². The summed E-state index contributed by atoms with van der Waals surface area (Å²) in [5, 5.41) is 3.78. The molecule has 27 heavy (non-hydrogen) atoms. The first kappa shape index (κ1) is 18.1. The van der Waals surface area contributed by atoms with Crippen molar-refractivity contribution in [2.24, 2.45) is 0 Å². The van der Waals surface area contributed by atoms with E-state index in [1.807, 2.05) is 11.0 Å². The second-order valence-corrected chi connectivity index (χ2v) is 7.32. The fourth-order valence-corrected chi connectivity index (χ4v) is 3.97. The second kappa shape index (κ2) is 8.19. The van der Waals surface area contributed by atoms with Crippen molar-refractivity contribution >= 4 is 5.91 Å². The normalized spacial score (nSPS) is 22.8. The number of rotatable bonds is 6. The lowest BCUT2D eigenvalue weighted by Gasteiger charge is -2.36. The van der Waals surface area contributed by atoms with Gasteiger partial charge in [-0.1, -0.05) is 35.5 Å². The zero-order chi connectivity index (χ0) is 18.6. The summed E-state index contributed by atoms with van der Waals surface area (Å²) < 4.78 is 11.1. The zero-order valence-corrected chi connectivity index (χ0v) is 15.7. The maximum absolute atomic E-state index is 12.6. The molecule has 0 unspecified atom stereocenters. The molecule has 2 atom stereocenters. The van der Waals surface area contributed by atoms with E-state index in [1.54, 1.807) is 6.92 Å². The van der Waals surface area contributed by atoms with Crippen LogP contribution in [0.2, 0.25) is 0 Å². The third-order valence-corrected chi connectivity index (χ3v) is 5.35. The summed E-state index contributed by atoms with van der Waals surface area (Å²) in [4.78, 5) is 21.2. The SMILES string of the molecule is Cc1noc(CCCC(=O)N2C[C@H]3OCCN(Cc4ccccc4)[C@H]3C2)n1. The lowest BCUT2D eigenvalue weighted by molar-refractivity contribution is -0.130. The monoisotopic (exact) mass is 370 g/mol. The molecule has 0 spiro atoms. The number of aryl methyl sites for hydroxylation is 2. The van der Waals surface area contributed by atoms with Crippen molar-refractivity contribution in [3.8, 4) is 0 Å². The minimum absolute atomic E-state index is 0.116. The Morgan fingerprint density at radius 1 is 1.26 bits per heavy atom. The van der Waals surface area contributed by atoms with Crippen LogP contribution >= 0.6 is 0 Å². The molecule has 3 heterocycles. The van der Waals surface area contributed by atoms with Gasteiger partial charge in [0.05, 0.1) is 18.8 Å². The van der Waals surface area contributed by atoms with E-state index in [0.717, 1.165) is 32.7 Å². The maximum Gasteiger partial charge on any atom is 0.226 e. The van der Waals surface area contributed by atoms with Gasteiger partial charge in [-0.2, -0.15) is 4.98 Å². The number of nitrogens with zero attached hydrogens (tertiary/aromatic N) is 4. The highest BCUT2D eigenvalue weighted by atomic mass is 16.5. The predicted octanol–water partition coefficient (Wildman–Crippen LogP) is 1.81. The molecule has 2 aliphatic heterocycles. The standard InChI is InChI=1S/C20H26N4O3/c1-15-21-19(27-22-15)8-5-9-20(25)24-13-17-18(14-24)26-11-10-23(17)12-16-6-3-2-4-7-16/h2-4,6-7,17-18H,5,8-14H2,1H3/t17-,18+/m0/s1. The Labute approximate surface area is 159 Å². The van der Waals surface area contributed by atoms with Gasteiger partial charge in [0.2, 0.25) is 11.8 Å². The van der Waals surface area contributed by atoms with Crippen LogP contribution in [0.3, 0.4) is 0 Å². The van der Waals surface area contributed by atoms with E-state index in [-0.39, 0.29) is 18.1 Å². The number of carbonyl (C=O) groups is 1. The minimum Gasteiger partial charge on any atom is -0.373 e. The molecule has 0 saturated carbocycles. The highest BCUT2D eigenvalue weighted by molar-refractivity contribution is 5.76. The fourth-order valence-electron chi connectivity index (χ4n) is 3.97. The summed E-state index contributed by atoms with van der Waals surface area (Å²) in [5.41, 5.74) is 1.30. The van der Waals surface area contributed by atoms with Crippen LogP contribution in [0.25, 0.3) is 0 Å². The minimum atomic E-state index is 0.116. The van der Waals surface area contributed by atoms with Crippen LogP contribution in [0.15, 0.2) is 34.9 Å². The van der Waals surface area contributed by atoms with Crippen molar-refractivity contribution in [1.82, 2.24) is 19.9 Å². The van der Waals surface area contributed by atoms with Crippen LogP contribution in [-0.4, -0.2) is 64.2 Å². The van der Waals surface area contributed by atoms with Crippen LogP contribution in [0.1, 0.15) is 30.1 Å². The molecule has 1 amide bonds. The third kappa shape index (κ3) is 4.36. The van der Waals surface area contributed by atoms with Crippen molar-refractivity contribution in [3.05, 3.63) is 47.6 Å². The average Bonchev–Trinajstić information content (AvgIpc) is 3.29. The molecule has 2 saturated heterocycles. The number of likely N-dealkylation sites (tertiary alicyclic amines) is 1. The number of hydrogen-bond donors (Lipinski definition) is 0. The van der Waals surface area contributed by atoms with Crippen molar-refractivity contribution in [2.45, 2.75) is 44.9 Å². The Bertz CT molecular complexity index is 764. The first-order chi connectivity index (χ1) is 13.2. The highest BCUT2D eigenvalue weighted by Gasteiger charge is 2.41. The third-order valence-electron chi connectivity index (χ3n) is 5.35. The summed E-state index contributed by atoms with van der Waals surface area (Å²) in [7, 11) is 0. The van der Waals surface area contributed by atoms with E-state index in [0.29, 0.717) is 31.1 Å². The first-order valence-electron chi connectivity index (χ1n) is 9.65. The molecule has 1 aromatic carbocycles. The zero-order valence-electron chi connectivity index (χ0n) is 15.7. The van der Waals surface area contributed by atoms with Gasteiger partial charge >= 0.3 is 0 Å². The van der Waals surface area contributed by atoms with Crippen molar-refractivity contribution in [3.63, 3.8) is 0 Å². The molecule has 7 heteroatoms. The lowest BCUT2D eigenvalue weighted by Crippen LogP contribution is -2.50. The van der Waals surface area contributed by atoms with E-state index in [4.69, 9.17) is 9.26 Å². The van der Waals surface area contributed by atoms with Gasteiger partial charge in [0, 0.05) is 39.0 Å².